The zero-order chi connectivity index (χ0) is 22.1. The number of hydrogen-bond donors (Lipinski definition) is 2. The van der Waals surface area contributed by atoms with E-state index in [-0.39, 0.29) is 24.3 Å². The van der Waals surface area contributed by atoms with Gasteiger partial charge in [0.1, 0.15) is 5.60 Å². The Morgan fingerprint density at radius 1 is 1.13 bits per heavy atom. The molecule has 1 saturated carbocycles. The summed E-state index contributed by atoms with van der Waals surface area (Å²) in [5.74, 6) is 0.743. The maximum atomic E-state index is 12.5. The lowest BCUT2D eigenvalue weighted by Gasteiger charge is -2.32. The predicted octanol–water partition coefficient (Wildman–Crippen LogP) is 2.56. The lowest BCUT2D eigenvalue weighted by molar-refractivity contribution is 0.0240. The average Bonchev–Trinajstić information content (AvgIpc) is 3.49. The highest BCUT2D eigenvalue weighted by atomic mass is 16.6. The van der Waals surface area contributed by atoms with Gasteiger partial charge in [0.05, 0.1) is 13.2 Å². The SMILES string of the molecule is CCNC(=NCCN(C(=O)OC(C)(C)C)C1CC1)NC1CCN(C(=O)OCC)CC1. The van der Waals surface area contributed by atoms with E-state index in [4.69, 9.17) is 9.47 Å². The Labute approximate surface area is 180 Å². The van der Waals surface area contributed by atoms with Gasteiger partial charge in [0.2, 0.25) is 0 Å². The summed E-state index contributed by atoms with van der Waals surface area (Å²) >= 11 is 0. The van der Waals surface area contributed by atoms with Gasteiger partial charge in [-0.25, -0.2) is 9.59 Å². The van der Waals surface area contributed by atoms with Crippen molar-refractivity contribution in [1.29, 1.82) is 0 Å². The van der Waals surface area contributed by atoms with Crippen LogP contribution in [0.2, 0.25) is 0 Å². The molecule has 2 aliphatic rings. The summed E-state index contributed by atoms with van der Waals surface area (Å²) in [4.78, 5) is 32.5. The largest absolute Gasteiger partial charge is 0.450 e. The Hall–Kier alpha value is -2.19. The van der Waals surface area contributed by atoms with Crippen molar-refractivity contribution in [2.45, 2.75) is 78.0 Å². The standard InChI is InChI=1S/C21H39N5O4/c1-6-22-18(24-16-10-13-25(14-11-16)19(27)29-7-2)23-12-15-26(17-8-9-17)20(28)30-21(3,4)5/h16-17H,6-15H2,1-5H3,(H2,22,23,24). The van der Waals surface area contributed by atoms with Gasteiger partial charge in [-0.1, -0.05) is 0 Å². The van der Waals surface area contributed by atoms with Crippen molar-refractivity contribution in [2.75, 3.05) is 39.3 Å². The molecule has 0 unspecified atom stereocenters. The lowest BCUT2D eigenvalue weighted by atomic mass is 10.1. The van der Waals surface area contributed by atoms with Gasteiger partial charge in [-0.05, 0) is 60.3 Å². The number of piperidine rings is 1. The monoisotopic (exact) mass is 425 g/mol. The maximum Gasteiger partial charge on any atom is 0.410 e. The second-order valence-electron chi connectivity index (χ2n) is 8.77. The molecule has 2 rings (SSSR count). The van der Waals surface area contributed by atoms with Crippen molar-refractivity contribution in [2.24, 2.45) is 4.99 Å². The fourth-order valence-corrected chi connectivity index (χ4v) is 3.33. The average molecular weight is 426 g/mol. The lowest BCUT2D eigenvalue weighted by Crippen LogP contribution is -2.50. The Morgan fingerprint density at radius 3 is 2.33 bits per heavy atom. The molecular weight excluding hydrogens is 386 g/mol. The summed E-state index contributed by atoms with van der Waals surface area (Å²) in [5, 5.41) is 6.73. The van der Waals surface area contributed by atoms with Gasteiger partial charge in [0.25, 0.3) is 0 Å². The number of likely N-dealkylation sites (tertiary alicyclic amines) is 1. The van der Waals surface area contributed by atoms with E-state index in [0.717, 1.165) is 38.2 Å². The zero-order valence-electron chi connectivity index (χ0n) is 19.2. The number of hydrogen-bond acceptors (Lipinski definition) is 5. The number of aliphatic imine (C=N–C) groups is 1. The topological polar surface area (TPSA) is 95.5 Å². The molecule has 2 fully saturated rings. The number of guanidine groups is 1. The molecule has 0 aromatic heterocycles. The van der Waals surface area contributed by atoms with E-state index in [1.807, 2.05) is 34.6 Å². The van der Waals surface area contributed by atoms with Crippen LogP contribution in [0.25, 0.3) is 0 Å². The van der Waals surface area contributed by atoms with Crippen LogP contribution in [0.5, 0.6) is 0 Å². The molecule has 30 heavy (non-hydrogen) atoms. The van der Waals surface area contributed by atoms with E-state index in [1.54, 1.807) is 9.80 Å². The molecule has 1 heterocycles. The van der Waals surface area contributed by atoms with Crippen LogP contribution in [0, 0.1) is 0 Å². The quantitative estimate of drug-likeness (QED) is 0.481. The second-order valence-corrected chi connectivity index (χ2v) is 8.77. The summed E-state index contributed by atoms with van der Waals surface area (Å²) in [6.45, 7) is 13.0. The molecule has 0 radical (unpaired) electrons. The minimum absolute atomic E-state index is 0.237. The molecule has 1 aliphatic carbocycles. The third-order valence-corrected chi connectivity index (χ3v) is 4.93. The summed E-state index contributed by atoms with van der Waals surface area (Å²) in [5.41, 5.74) is -0.498. The maximum absolute atomic E-state index is 12.5. The number of carbonyl (C=O) groups is 2. The van der Waals surface area contributed by atoms with Crippen molar-refractivity contribution in [3.63, 3.8) is 0 Å². The van der Waals surface area contributed by atoms with Crippen LogP contribution < -0.4 is 10.6 Å². The number of rotatable bonds is 7. The van der Waals surface area contributed by atoms with E-state index < -0.39 is 5.60 Å². The zero-order valence-corrected chi connectivity index (χ0v) is 19.2. The highest BCUT2D eigenvalue weighted by Crippen LogP contribution is 2.28. The highest BCUT2D eigenvalue weighted by Gasteiger charge is 2.34. The molecule has 1 saturated heterocycles. The Kier molecular flexibility index (Phi) is 9.05. The molecule has 9 heteroatoms. The van der Waals surface area contributed by atoms with Crippen molar-refractivity contribution < 1.29 is 19.1 Å². The molecule has 0 atom stereocenters. The molecular formula is C21H39N5O4. The van der Waals surface area contributed by atoms with Crippen LogP contribution in [-0.4, -0.2) is 85.0 Å². The molecule has 0 aromatic rings. The van der Waals surface area contributed by atoms with Gasteiger partial charge in [-0.15, -0.1) is 0 Å². The molecule has 1 aliphatic heterocycles. The summed E-state index contributed by atoms with van der Waals surface area (Å²) < 4.78 is 10.6. The van der Waals surface area contributed by atoms with E-state index in [9.17, 15) is 9.59 Å². The van der Waals surface area contributed by atoms with Crippen LogP contribution in [-0.2, 0) is 9.47 Å². The number of carbonyl (C=O) groups excluding carboxylic acids is 2. The Morgan fingerprint density at radius 2 is 1.80 bits per heavy atom. The smallest absolute Gasteiger partial charge is 0.410 e. The number of nitrogens with one attached hydrogen (secondary N) is 2. The molecule has 0 bridgehead atoms. The second kappa shape index (κ2) is 11.3. The fraction of sp³-hybridized carbons (Fsp3) is 0.857. The molecule has 0 aromatic carbocycles. The van der Waals surface area contributed by atoms with Crippen LogP contribution in [0.3, 0.4) is 0 Å². The van der Waals surface area contributed by atoms with E-state index in [1.165, 1.54) is 0 Å². The van der Waals surface area contributed by atoms with E-state index in [0.29, 0.717) is 32.8 Å². The third kappa shape index (κ3) is 8.28. The molecule has 9 nitrogen and oxygen atoms in total. The van der Waals surface area contributed by atoms with Gasteiger partial charge in [-0.2, -0.15) is 0 Å². The van der Waals surface area contributed by atoms with Gasteiger partial charge in [-0.3, -0.25) is 4.99 Å². The van der Waals surface area contributed by atoms with Gasteiger partial charge >= 0.3 is 12.2 Å². The van der Waals surface area contributed by atoms with Crippen LogP contribution in [0.4, 0.5) is 9.59 Å². The van der Waals surface area contributed by atoms with Crippen molar-refractivity contribution in [1.82, 2.24) is 20.4 Å². The number of ether oxygens (including phenoxy) is 2. The van der Waals surface area contributed by atoms with Gasteiger partial charge < -0.3 is 29.9 Å². The molecule has 0 spiro atoms. The predicted molar refractivity (Wildman–Crippen MR) is 117 cm³/mol. The first-order valence-corrected chi connectivity index (χ1v) is 11.2. The molecule has 172 valence electrons. The molecule has 2 amide bonds. The normalized spacial score (nSPS) is 18.0. The van der Waals surface area contributed by atoms with Crippen LogP contribution in [0.1, 0.15) is 60.3 Å². The minimum Gasteiger partial charge on any atom is -0.450 e. The summed E-state index contributed by atoms with van der Waals surface area (Å²) in [6.07, 6.45) is 3.24. The number of amides is 2. The number of nitrogens with zero attached hydrogens (tertiary/aromatic N) is 3. The van der Waals surface area contributed by atoms with E-state index >= 15 is 0 Å². The van der Waals surface area contributed by atoms with E-state index in [2.05, 4.69) is 15.6 Å². The first kappa shape index (κ1) is 24.1. The van der Waals surface area contributed by atoms with Gasteiger partial charge in [0.15, 0.2) is 5.96 Å². The van der Waals surface area contributed by atoms with Crippen LogP contribution >= 0.6 is 0 Å². The molecule has 2 N–H and O–H groups in total. The fourth-order valence-electron chi connectivity index (χ4n) is 3.33. The summed E-state index contributed by atoms with van der Waals surface area (Å²) in [7, 11) is 0. The first-order chi connectivity index (χ1) is 14.2. The first-order valence-electron chi connectivity index (χ1n) is 11.2. The third-order valence-electron chi connectivity index (χ3n) is 4.93. The highest BCUT2D eigenvalue weighted by molar-refractivity contribution is 5.80. The van der Waals surface area contributed by atoms with Gasteiger partial charge in [0, 0.05) is 38.3 Å². The van der Waals surface area contributed by atoms with Crippen molar-refractivity contribution in [3.05, 3.63) is 0 Å². The van der Waals surface area contributed by atoms with Crippen LogP contribution in [0.15, 0.2) is 4.99 Å². The van der Waals surface area contributed by atoms with Crippen molar-refractivity contribution in [3.8, 4) is 0 Å². The minimum atomic E-state index is -0.498. The van der Waals surface area contributed by atoms with Crippen molar-refractivity contribution >= 4 is 18.1 Å². The Bertz CT molecular complexity index is 593. The summed E-state index contributed by atoms with van der Waals surface area (Å²) in [6, 6.07) is 0.525. The Balaban J connectivity index is 1.83.